The number of aromatic nitrogens is 1. The van der Waals surface area contributed by atoms with Crippen molar-refractivity contribution < 1.29 is 19.4 Å². The number of azo groups is 1. The van der Waals surface area contributed by atoms with E-state index in [-0.39, 0.29) is 17.0 Å². The number of carbonyl (C=O) groups excluding carboxylic acids is 1. The first kappa shape index (κ1) is 14.9. The second kappa shape index (κ2) is 5.98. The third kappa shape index (κ3) is 2.95. The molecule has 23 heavy (non-hydrogen) atoms. The SMILES string of the molecule is O=C(N=Nc1c(O)[nH]c2ccc(F)cc12)[C@H](O)c1ccccc1. The number of aromatic amines is 1. The normalized spacial score (nSPS) is 12.8. The molecule has 1 heterocycles. The number of aromatic hydroxyl groups is 1. The summed E-state index contributed by atoms with van der Waals surface area (Å²) in [6.07, 6.45) is -1.45. The van der Waals surface area contributed by atoms with Crippen LogP contribution in [0.15, 0.2) is 58.8 Å². The van der Waals surface area contributed by atoms with E-state index in [2.05, 4.69) is 15.2 Å². The lowest BCUT2D eigenvalue weighted by Gasteiger charge is -2.04. The van der Waals surface area contributed by atoms with Gasteiger partial charge in [-0.2, -0.15) is 0 Å². The Morgan fingerprint density at radius 2 is 1.91 bits per heavy atom. The zero-order chi connectivity index (χ0) is 16.4. The van der Waals surface area contributed by atoms with Gasteiger partial charge in [0.25, 0.3) is 5.91 Å². The molecule has 0 aliphatic rings. The van der Waals surface area contributed by atoms with E-state index >= 15 is 0 Å². The quantitative estimate of drug-likeness (QED) is 0.647. The van der Waals surface area contributed by atoms with Crippen molar-refractivity contribution in [1.29, 1.82) is 0 Å². The molecule has 7 heteroatoms. The predicted molar refractivity (Wildman–Crippen MR) is 80.8 cm³/mol. The zero-order valence-corrected chi connectivity index (χ0v) is 11.8. The van der Waals surface area contributed by atoms with Crippen LogP contribution in [0.1, 0.15) is 11.7 Å². The molecule has 0 saturated heterocycles. The molecule has 3 rings (SSSR count). The van der Waals surface area contributed by atoms with Gasteiger partial charge in [0.15, 0.2) is 11.8 Å². The van der Waals surface area contributed by atoms with Crippen molar-refractivity contribution in [3.05, 3.63) is 59.9 Å². The highest BCUT2D eigenvalue weighted by molar-refractivity contribution is 5.94. The number of nitrogens with one attached hydrogen (secondary N) is 1. The van der Waals surface area contributed by atoms with Crippen molar-refractivity contribution in [3.8, 4) is 5.88 Å². The molecule has 1 aromatic heterocycles. The molecule has 3 N–H and O–H groups in total. The number of fused-ring (bicyclic) bond motifs is 1. The molecule has 3 aromatic rings. The van der Waals surface area contributed by atoms with Crippen molar-refractivity contribution in [2.75, 3.05) is 0 Å². The van der Waals surface area contributed by atoms with Gasteiger partial charge in [-0.25, -0.2) is 4.39 Å². The topological polar surface area (TPSA) is 98.0 Å². The smallest absolute Gasteiger partial charge is 0.297 e. The number of aliphatic hydroxyl groups is 1. The van der Waals surface area contributed by atoms with E-state index in [4.69, 9.17) is 0 Å². The number of halogens is 1. The first-order chi connectivity index (χ1) is 11.1. The van der Waals surface area contributed by atoms with Crippen LogP contribution in [0, 0.1) is 5.82 Å². The first-order valence-corrected chi connectivity index (χ1v) is 6.75. The number of nitrogens with zero attached hydrogens (tertiary/aromatic N) is 2. The monoisotopic (exact) mass is 313 g/mol. The van der Waals surface area contributed by atoms with Gasteiger partial charge in [-0.15, -0.1) is 10.2 Å². The maximum atomic E-state index is 13.3. The number of aliphatic hydroxyl groups excluding tert-OH is 1. The molecule has 0 bridgehead atoms. The van der Waals surface area contributed by atoms with E-state index in [1.165, 1.54) is 12.1 Å². The van der Waals surface area contributed by atoms with Gasteiger partial charge in [-0.1, -0.05) is 30.3 Å². The van der Waals surface area contributed by atoms with Crippen molar-refractivity contribution in [1.82, 2.24) is 4.98 Å². The van der Waals surface area contributed by atoms with Gasteiger partial charge < -0.3 is 15.2 Å². The fourth-order valence-electron chi connectivity index (χ4n) is 2.17. The summed E-state index contributed by atoms with van der Waals surface area (Å²) in [5, 5.41) is 27.1. The number of benzene rings is 2. The number of hydrogen-bond acceptors (Lipinski definition) is 4. The molecule has 0 fully saturated rings. The maximum Gasteiger partial charge on any atom is 0.297 e. The van der Waals surface area contributed by atoms with Crippen LogP contribution in [0.4, 0.5) is 10.1 Å². The highest BCUT2D eigenvalue weighted by Crippen LogP contribution is 2.35. The summed E-state index contributed by atoms with van der Waals surface area (Å²) >= 11 is 0. The largest absolute Gasteiger partial charge is 0.493 e. The second-order valence-electron chi connectivity index (χ2n) is 4.86. The summed E-state index contributed by atoms with van der Waals surface area (Å²) in [5.41, 5.74) is 0.771. The summed E-state index contributed by atoms with van der Waals surface area (Å²) in [6, 6.07) is 12.1. The van der Waals surface area contributed by atoms with Gasteiger partial charge >= 0.3 is 0 Å². The van der Waals surface area contributed by atoms with Crippen LogP contribution in [0.2, 0.25) is 0 Å². The highest BCUT2D eigenvalue weighted by Gasteiger charge is 2.17. The number of rotatable bonds is 3. The number of H-pyrrole nitrogens is 1. The number of amides is 1. The molecule has 1 amide bonds. The van der Waals surface area contributed by atoms with Gasteiger partial charge in [0.1, 0.15) is 5.82 Å². The molecule has 0 spiro atoms. The summed E-state index contributed by atoms with van der Waals surface area (Å²) in [5.74, 6) is -1.73. The molecule has 0 saturated carbocycles. The molecule has 0 aliphatic heterocycles. The van der Waals surface area contributed by atoms with Gasteiger partial charge in [-0.3, -0.25) is 4.79 Å². The molecule has 2 aromatic carbocycles. The Kier molecular flexibility index (Phi) is 3.86. The molecule has 0 aliphatic carbocycles. The van der Waals surface area contributed by atoms with E-state index in [1.54, 1.807) is 30.3 Å². The minimum absolute atomic E-state index is 0.0619. The summed E-state index contributed by atoms with van der Waals surface area (Å²) in [4.78, 5) is 14.5. The lowest BCUT2D eigenvalue weighted by atomic mass is 10.1. The molecule has 0 radical (unpaired) electrons. The van der Waals surface area contributed by atoms with Gasteiger partial charge in [-0.05, 0) is 23.8 Å². The van der Waals surface area contributed by atoms with E-state index in [0.29, 0.717) is 11.1 Å². The second-order valence-corrected chi connectivity index (χ2v) is 4.86. The Labute approximate surface area is 129 Å². The maximum absolute atomic E-state index is 13.3. The Bertz CT molecular complexity index is 890. The minimum atomic E-state index is -1.45. The predicted octanol–water partition coefficient (Wildman–Crippen LogP) is 3.36. The van der Waals surface area contributed by atoms with Gasteiger partial charge in [0.2, 0.25) is 5.88 Å². The fraction of sp³-hybridized carbons (Fsp3) is 0.0625. The Morgan fingerprint density at radius 1 is 1.17 bits per heavy atom. The first-order valence-electron chi connectivity index (χ1n) is 6.75. The van der Waals surface area contributed by atoms with Crippen LogP contribution in [0.5, 0.6) is 5.88 Å². The van der Waals surface area contributed by atoms with Crippen LogP contribution >= 0.6 is 0 Å². The third-order valence-corrected chi connectivity index (χ3v) is 3.31. The van der Waals surface area contributed by atoms with Crippen molar-refractivity contribution in [3.63, 3.8) is 0 Å². The highest BCUT2D eigenvalue weighted by atomic mass is 19.1. The fourth-order valence-corrected chi connectivity index (χ4v) is 2.17. The molecular weight excluding hydrogens is 301 g/mol. The van der Waals surface area contributed by atoms with E-state index in [1.807, 2.05) is 0 Å². The molecule has 1 atom stereocenters. The Hall–Kier alpha value is -3.06. The zero-order valence-electron chi connectivity index (χ0n) is 11.8. The van der Waals surface area contributed by atoms with Gasteiger partial charge in [0.05, 0.1) is 5.52 Å². The lowest BCUT2D eigenvalue weighted by Crippen LogP contribution is -2.08. The van der Waals surface area contributed by atoms with E-state index in [9.17, 15) is 19.4 Å². The van der Waals surface area contributed by atoms with Crippen LogP contribution in [0.25, 0.3) is 10.9 Å². The van der Waals surface area contributed by atoms with E-state index in [0.717, 1.165) is 6.07 Å². The van der Waals surface area contributed by atoms with Crippen molar-refractivity contribution in [2.24, 2.45) is 10.2 Å². The molecule has 116 valence electrons. The van der Waals surface area contributed by atoms with Crippen molar-refractivity contribution in [2.45, 2.75) is 6.10 Å². The Morgan fingerprint density at radius 3 is 2.65 bits per heavy atom. The Balaban J connectivity index is 1.89. The van der Waals surface area contributed by atoms with Crippen molar-refractivity contribution >= 4 is 22.5 Å². The number of carbonyl (C=O) groups is 1. The van der Waals surface area contributed by atoms with Crippen LogP contribution in [-0.4, -0.2) is 21.1 Å². The van der Waals surface area contributed by atoms with Crippen LogP contribution in [-0.2, 0) is 4.79 Å². The molecule has 6 nitrogen and oxygen atoms in total. The summed E-state index contributed by atoms with van der Waals surface area (Å²) in [6.45, 7) is 0. The van der Waals surface area contributed by atoms with E-state index < -0.39 is 17.8 Å². The average Bonchev–Trinajstić information content (AvgIpc) is 2.87. The molecular formula is C16H12FN3O3. The summed E-state index contributed by atoms with van der Waals surface area (Å²) in [7, 11) is 0. The third-order valence-electron chi connectivity index (χ3n) is 3.31. The average molecular weight is 313 g/mol. The van der Waals surface area contributed by atoms with Crippen LogP contribution < -0.4 is 0 Å². The van der Waals surface area contributed by atoms with Crippen LogP contribution in [0.3, 0.4) is 0 Å². The number of hydrogen-bond donors (Lipinski definition) is 3. The standard InChI is InChI=1S/C16H12FN3O3/c17-10-6-7-12-11(8-10)13(15(22)18-12)19-20-16(23)14(21)9-4-2-1-3-5-9/h1-8,14,18,21-22H/t14-/m1/s1. The minimum Gasteiger partial charge on any atom is -0.493 e. The lowest BCUT2D eigenvalue weighted by molar-refractivity contribution is -0.126. The summed E-state index contributed by atoms with van der Waals surface area (Å²) < 4.78 is 13.3. The molecule has 0 unspecified atom stereocenters. The van der Waals surface area contributed by atoms with Gasteiger partial charge in [0, 0.05) is 5.39 Å².